The molecule has 0 unspecified atom stereocenters. The van der Waals surface area contributed by atoms with Gasteiger partial charge in [0.2, 0.25) is 0 Å². The fourth-order valence-corrected chi connectivity index (χ4v) is 2.60. The molecule has 0 aliphatic heterocycles. The van der Waals surface area contributed by atoms with Gasteiger partial charge < -0.3 is 18.8 Å². The lowest BCUT2D eigenvalue weighted by Crippen LogP contribution is -2.34. The van der Waals surface area contributed by atoms with E-state index in [-0.39, 0.29) is 12.2 Å². The van der Waals surface area contributed by atoms with E-state index in [1.807, 2.05) is 22.6 Å². The summed E-state index contributed by atoms with van der Waals surface area (Å²) in [5.74, 6) is -1.25. The molecule has 29 heavy (non-hydrogen) atoms. The van der Waals surface area contributed by atoms with Crippen LogP contribution in [0.2, 0.25) is 0 Å². The quantitative estimate of drug-likeness (QED) is 0.137. The number of hydrogen-bond acceptors (Lipinski definition) is 8. The SMILES string of the molecule is C=C(C)C(=O)OCCCCOc1ccc(C(=O)OCC(F)(F)S(=O)(=O)[O-])cc1I. The second-order valence-electron chi connectivity index (χ2n) is 5.78. The molecule has 162 valence electrons. The number of ether oxygens (including phenoxy) is 3. The molecule has 0 atom stereocenters. The number of carbonyl (C=O) groups excluding carboxylic acids is 2. The predicted octanol–water partition coefficient (Wildman–Crippen LogP) is 2.86. The minimum absolute atomic E-state index is 0.118. The van der Waals surface area contributed by atoms with Gasteiger partial charge in [-0.1, -0.05) is 6.58 Å². The zero-order valence-electron chi connectivity index (χ0n) is 15.3. The van der Waals surface area contributed by atoms with E-state index in [1.54, 1.807) is 6.92 Å². The molecule has 0 bridgehead atoms. The van der Waals surface area contributed by atoms with Crippen LogP contribution >= 0.6 is 22.6 Å². The largest absolute Gasteiger partial charge is 0.743 e. The Morgan fingerprint density at radius 2 is 1.83 bits per heavy atom. The minimum atomic E-state index is -5.94. The molecule has 0 saturated carbocycles. The number of rotatable bonds is 11. The van der Waals surface area contributed by atoms with Crippen molar-refractivity contribution < 1.29 is 45.6 Å². The molecule has 0 amide bonds. The zero-order valence-corrected chi connectivity index (χ0v) is 18.3. The molecule has 0 spiro atoms. The smallest absolute Gasteiger partial charge is 0.367 e. The van der Waals surface area contributed by atoms with E-state index in [1.165, 1.54) is 18.2 Å². The highest BCUT2D eigenvalue weighted by Crippen LogP contribution is 2.24. The third-order valence-corrected chi connectivity index (χ3v) is 4.97. The summed E-state index contributed by atoms with van der Waals surface area (Å²) < 4.78 is 72.4. The second kappa shape index (κ2) is 10.8. The number of benzene rings is 1. The second-order valence-corrected chi connectivity index (χ2v) is 8.45. The molecule has 8 nitrogen and oxygen atoms in total. The molecule has 0 fully saturated rings. The van der Waals surface area contributed by atoms with Crippen LogP contribution in [0.4, 0.5) is 8.78 Å². The van der Waals surface area contributed by atoms with Gasteiger partial charge in [0.1, 0.15) is 5.75 Å². The van der Waals surface area contributed by atoms with Gasteiger partial charge in [0.05, 0.1) is 22.3 Å². The van der Waals surface area contributed by atoms with Crippen LogP contribution in [-0.4, -0.2) is 50.0 Å². The van der Waals surface area contributed by atoms with Crippen LogP contribution in [-0.2, 0) is 24.4 Å². The minimum Gasteiger partial charge on any atom is -0.743 e. The number of unbranched alkanes of at least 4 members (excludes halogenated alkanes) is 1. The molecular weight excluding hydrogens is 529 g/mol. The summed E-state index contributed by atoms with van der Waals surface area (Å²) in [6.45, 7) is 3.66. The number of hydrogen-bond donors (Lipinski definition) is 0. The molecule has 1 aromatic carbocycles. The standard InChI is InChI=1S/C17H19F2IO8S/c1-11(2)15(21)27-8-4-3-7-26-14-6-5-12(9-13(14)20)16(22)28-10-17(18,19)29(23,24)25/h5-6,9H,1,3-4,7-8,10H2,2H3,(H,23,24,25)/p-1. The molecule has 1 aromatic rings. The van der Waals surface area contributed by atoms with Crippen LogP contribution in [0.3, 0.4) is 0 Å². The zero-order chi connectivity index (χ0) is 22.2. The van der Waals surface area contributed by atoms with E-state index in [2.05, 4.69) is 11.3 Å². The van der Waals surface area contributed by atoms with E-state index in [0.29, 0.717) is 34.3 Å². The average Bonchev–Trinajstić information content (AvgIpc) is 2.62. The van der Waals surface area contributed by atoms with E-state index in [0.717, 1.165) is 0 Å². The Balaban J connectivity index is 2.50. The highest BCUT2D eigenvalue weighted by atomic mass is 127. The van der Waals surface area contributed by atoms with Crippen LogP contribution < -0.4 is 4.74 Å². The first kappa shape index (κ1) is 25.2. The van der Waals surface area contributed by atoms with Crippen molar-refractivity contribution in [3.8, 4) is 5.75 Å². The van der Waals surface area contributed by atoms with E-state index < -0.39 is 33.9 Å². The molecule has 0 aliphatic rings. The van der Waals surface area contributed by atoms with Crippen LogP contribution in [0.1, 0.15) is 30.1 Å². The highest BCUT2D eigenvalue weighted by molar-refractivity contribution is 14.1. The third-order valence-electron chi connectivity index (χ3n) is 3.28. The van der Waals surface area contributed by atoms with Crippen LogP contribution in [0.15, 0.2) is 30.4 Å². The monoisotopic (exact) mass is 547 g/mol. The van der Waals surface area contributed by atoms with Gasteiger partial charge in [0.15, 0.2) is 16.7 Å². The fraction of sp³-hybridized carbons (Fsp3) is 0.412. The predicted molar refractivity (Wildman–Crippen MR) is 105 cm³/mol. The lowest BCUT2D eigenvalue weighted by Gasteiger charge is -2.19. The fourth-order valence-electron chi connectivity index (χ4n) is 1.72. The van der Waals surface area contributed by atoms with Gasteiger partial charge in [-0.3, -0.25) is 0 Å². The summed E-state index contributed by atoms with van der Waals surface area (Å²) in [5, 5.41) is -4.71. The van der Waals surface area contributed by atoms with Crippen molar-refractivity contribution in [3.05, 3.63) is 39.5 Å². The Kier molecular flexibility index (Phi) is 9.42. The first-order chi connectivity index (χ1) is 13.3. The van der Waals surface area contributed by atoms with Gasteiger partial charge in [-0.15, -0.1) is 0 Å². The molecule has 1 rings (SSSR count). The maximum absolute atomic E-state index is 13.0. The lowest BCUT2D eigenvalue weighted by atomic mass is 10.2. The Morgan fingerprint density at radius 1 is 1.21 bits per heavy atom. The van der Waals surface area contributed by atoms with Crippen molar-refractivity contribution in [2.24, 2.45) is 0 Å². The van der Waals surface area contributed by atoms with Crippen molar-refractivity contribution in [1.82, 2.24) is 0 Å². The van der Waals surface area contributed by atoms with Crippen molar-refractivity contribution in [2.45, 2.75) is 25.0 Å². The lowest BCUT2D eigenvalue weighted by molar-refractivity contribution is -0.139. The Bertz CT molecular complexity index is 870. The molecule has 0 radical (unpaired) electrons. The van der Waals surface area contributed by atoms with E-state index in [9.17, 15) is 31.3 Å². The van der Waals surface area contributed by atoms with Gasteiger partial charge in [-0.2, -0.15) is 8.78 Å². The molecule has 0 aliphatic carbocycles. The van der Waals surface area contributed by atoms with Gasteiger partial charge >= 0.3 is 17.2 Å². The molecule has 0 aromatic heterocycles. The number of carbonyl (C=O) groups is 2. The summed E-state index contributed by atoms with van der Waals surface area (Å²) in [6, 6.07) is 3.97. The van der Waals surface area contributed by atoms with E-state index >= 15 is 0 Å². The third kappa shape index (κ3) is 8.22. The molecule has 0 N–H and O–H groups in total. The number of esters is 2. The Morgan fingerprint density at radius 3 is 2.38 bits per heavy atom. The summed E-state index contributed by atoms with van der Waals surface area (Å²) >= 11 is 1.86. The summed E-state index contributed by atoms with van der Waals surface area (Å²) in [6.07, 6.45) is 1.15. The van der Waals surface area contributed by atoms with Crippen LogP contribution in [0.5, 0.6) is 5.75 Å². The van der Waals surface area contributed by atoms with Crippen molar-refractivity contribution in [1.29, 1.82) is 0 Å². The Labute approximate surface area is 180 Å². The summed E-state index contributed by atoms with van der Waals surface area (Å²) in [5.41, 5.74) is 0.195. The average molecular weight is 547 g/mol. The summed E-state index contributed by atoms with van der Waals surface area (Å²) in [7, 11) is -5.94. The number of halogens is 3. The van der Waals surface area contributed by atoms with Crippen LogP contribution in [0, 0.1) is 3.57 Å². The normalized spacial score (nSPS) is 11.6. The summed E-state index contributed by atoms with van der Waals surface area (Å²) in [4.78, 5) is 23.0. The van der Waals surface area contributed by atoms with Gasteiger partial charge in [0.25, 0.3) is 0 Å². The van der Waals surface area contributed by atoms with Crippen molar-refractivity contribution in [2.75, 3.05) is 19.8 Å². The maximum atomic E-state index is 13.0. The van der Waals surface area contributed by atoms with Crippen LogP contribution in [0.25, 0.3) is 0 Å². The first-order valence-corrected chi connectivity index (χ1v) is 10.6. The number of alkyl halides is 2. The topological polar surface area (TPSA) is 119 Å². The first-order valence-electron chi connectivity index (χ1n) is 8.10. The molecular formula is C17H18F2IO8S-. The van der Waals surface area contributed by atoms with Crippen molar-refractivity contribution >= 4 is 44.6 Å². The van der Waals surface area contributed by atoms with Crippen molar-refractivity contribution in [3.63, 3.8) is 0 Å². The van der Waals surface area contributed by atoms with E-state index in [4.69, 9.17) is 9.47 Å². The van der Waals surface area contributed by atoms with Gasteiger partial charge in [-0.25, -0.2) is 18.0 Å². The van der Waals surface area contributed by atoms with Gasteiger partial charge in [0, 0.05) is 5.57 Å². The highest BCUT2D eigenvalue weighted by Gasteiger charge is 2.39. The van der Waals surface area contributed by atoms with Gasteiger partial charge in [-0.05, 0) is 60.6 Å². The molecule has 0 saturated heterocycles. The molecule has 12 heteroatoms. The Hall–Kier alpha value is -1.80. The molecule has 0 heterocycles. The maximum Gasteiger partial charge on any atom is 0.367 e.